The molecule has 0 amide bonds. The first-order chi connectivity index (χ1) is 6.10. The van der Waals surface area contributed by atoms with Crippen LogP contribution in [0.3, 0.4) is 0 Å². The Kier molecular flexibility index (Phi) is 6.29. The predicted octanol–water partition coefficient (Wildman–Crippen LogP) is 1.56. The fourth-order valence-corrected chi connectivity index (χ4v) is 1.22. The smallest absolute Gasteiger partial charge is 0.0824 e. The van der Waals surface area contributed by atoms with Crippen LogP contribution in [0.15, 0.2) is 0 Å². The maximum atomic E-state index is 5.98. The molecule has 0 heterocycles. The summed E-state index contributed by atoms with van der Waals surface area (Å²) in [5.74, 6) is 0. The molecular formula is C10H23NO2. The summed E-state index contributed by atoms with van der Waals surface area (Å²) in [6, 6.07) is -0.0441. The molecule has 2 unspecified atom stereocenters. The normalized spacial score (nSPS) is 18.2. The molecule has 3 nitrogen and oxygen atoms in total. The summed E-state index contributed by atoms with van der Waals surface area (Å²) in [5, 5.41) is 0. The minimum atomic E-state index is -0.246. The zero-order valence-electron chi connectivity index (χ0n) is 9.30. The van der Waals surface area contributed by atoms with E-state index in [0.717, 1.165) is 6.42 Å². The molecule has 0 aliphatic rings. The van der Waals surface area contributed by atoms with Crippen molar-refractivity contribution >= 4 is 0 Å². The van der Waals surface area contributed by atoms with Gasteiger partial charge in [-0.2, -0.15) is 0 Å². The van der Waals surface area contributed by atoms with Gasteiger partial charge in [-0.25, -0.2) is 0 Å². The number of rotatable bonds is 7. The van der Waals surface area contributed by atoms with Crippen molar-refractivity contribution < 1.29 is 9.47 Å². The predicted molar refractivity (Wildman–Crippen MR) is 54.8 cm³/mol. The van der Waals surface area contributed by atoms with E-state index in [0.29, 0.717) is 19.8 Å². The maximum absolute atomic E-state index is 5.98. The molecule has 0 aromatic rings. The van der Waals surface area contributed by atoms with Crippen LogP contribution in [0, 0.1) is 0 Å². The van der Waals surface area contributed by atoms with Crippen LogP contribution in [-0.4, -0.2) is 31.5 Å². The third kappa shape index (κ3) is 4.07. The Morgan fingerprint density at radius 3 is 2.23 bits per heavy atom. The van der Waals surface area contributed by atoms with Crippen molar-refractivity contribution in [1.29, 1.82) is 0 Å². The van der Waals surface area contributed by atoms with E-state index in [1.165, 1.54) is 0 Å². The fraction of sp³-hybridized carbons (Fsp3) is 1.00. The molecule has 0 saturated carbocycles. The number of nitrogens with two attached hydrogens (primary N) is 1. The molecule has 0 aliphatic heterocycles. The van der Waals surface area contributed by atoms with E-state index in [9.17, 15) is 0 Å². The third-order valence-electron chi connectivity index (χ3n) is 2.46. The molecule has 0 aliphatic carbocycles. The highest BCUT2D eigenvalue weighted by atomic mass is 16.5. The lowest BCUT2D eigenvalue weighted by atomic mass is 9.94. The van der Waals surface area contributed by atoms with Crippen molar-refractivity contribution in [1.82, 2.24) is 0 Å². The Bertz CT molecular complexity index is 130. The van der Waals surface area contributed by atoms with Crippen molar-refractivity contribution in [2.75, 3.05) is 19.8 Å². The quantitative estimate of drug-likeness (QED) is 0.661. The van der Waals surface area contributed by atoms with Crippen LogP contribution in [0.1, 0.15) is 34.1 Å². The lowest BCUT2D eigenvalue weighted by molar-refractivity contribution is -0.0640. The standard InChI is InChI=1S/C10H23NO2/c1-5-10(4,13-7-3)9(11)8-12-6-2/h9H,5-8,11H2,1-4H3. The summed E-state index contributed by atoms with van der Waals surface area (Å²) in [6.45, 7) is 10.1. The zero-order valence-corrected chi connectivity index (χ0v) is 9.30. The van der Waals surface area contributed by atoms with Gasteiger partial charge in [0.25, 0.3) is 0 Å². The minimum Gasteiger partial charge on any atom is -0.380 e. The van der Waals surface area contributed by atoms with Crippen LogP contribution < -0.4 is 5.73 Å². The van der Waals surface area contributed by atoms with Gasteiger partial charge in [0.1, 0.15) is 0 Å². The van der Waals surface area contributed by atoms with Crippen LogP contribution in [0.5, 0.6) is 0 Å². The van der Waals surface area contributed by atoms with E-state index >= 15 is 0 Å². The van der Waals surface area contributed by atoms with E-state index in [4.69, 9.17) is 15.2 Å². The average molecular weight is 189 g/mol. The lowest BCUT2D eigenvalue weighted by Gasteiger charge is -2.34. The van der Waals surface area contributed by atoms with Crippen LogP contribution in [-0.2, 0) is 9.47 Å². The summed E-state index contributed by atoms with van der Waals surface area (Å²) >= 11 is 0. The van der Waals surface area contributed by atoms with Gasteiger partial charge in [0, 0.05) is 13.2 Å². The second kappa shape index (κ2) is 6.35. The van der Waals surface area contributed by atoms with Gasteiger partial charge in [-0.15, -0.1) is 0 Å². The van der Waals surface area contributed by atoms with Gasteiger partial charge in [0.2, 0.25) is 0 Å². The molecule has 0 aromatic heterocycles. The van der Waals surface area contributed by atoms with Gasteiger partial charge in [0.15, 0.2) is 0 Å². The monoisotopic (exact) mass is 189 g/mol. The van der Waals surface area contributed by atoms with E-state index in [2.05, 4.69) is 6.92 Å². The van der Waals surface area contributed by atoms with Crippen molar-refractivity contribution in [2.45, 2.75) is 45.8 Å². The Hall–Kier alpha value is -0.120. The van der Waals surface area contributed by atoms with Crippen molar-refractivity contribution in [2.24, 2.45) is 5.73 Å². The topological polar surface area (TPSA) is 44.5 Å². The molecule has 0 spiro atoms. The molecule has 0 rings (SSSR count). The summed E-state index contributed by atoms with van der Waals surface area (Å²) < 4.78 is 10.9. The van der Waals surface area contributed by atoms with E-state index in [1.54, 1.807) is 0 Å². The lowest BCUT2D eigenvalue weighted by Crippen LogP contribution is -2.50. The Morgan fingerprint density at radius 1 is 1.23 bits per heavy atom. The number of hydrogen-bond donors (Lipinski definition) is 1. The number of hydrogen-bond acceptors (Lipinski definition) is 3. The molecule has 0 radical (unpaired) electrons. The highest BCUT2D eigenvalue weighted by Crippen LogP contribution is 2.18. The average Bonchev–Trinajstić information content (AvgIpc) is 2.14. The van der Waals surface area contributed by atoms with Crippen molar-refractivity contribution in [3.8, 4) is 0 Å². The molecule has 0 saturated heterocycles. The zero-order chi connectivity index (χ0) is 10.3. The second-order valence-electron chi connectivity index (χ2n) is 3.37. The third-order valence-corrected chi connectivity index (χ3v) is 2.46. The molecule has 0 fully saturated rings. The Balaban J connectivity index is 4.03. The van der Waals surface area contributed by atoms with E-state index in [1.807, 2.05) is 20.8 Å². The van der Waals surface area contributed by atoms with Crippen LogP contribution >= 0.6 is 0 Å². The highest BCUT2D eigenvalue weighted by Gasteiger charge is 2.30. The summed E-state index contributed by atoms with van der Waals surface area (Å²) in [7, 11) is 0. The van der Waals surface area contributed by atoms with Gasteiger partial charge < -0.3 is 15.2 Å². The van der Waals surface area contributed by atoms with E-state index in [-0.39, 0.29) is 11.6 Å². The van der Waals surface area contributed by atoms with Crippen molar-refractivity contribution in [3.05, 3.63) is 0 Å². The fourth-order valence-electron chi connectivity index (χ4n) is 1.22. The Morgan fingerprint density at radius 2 is 1.85 bits per heavy atom. The molecule has 2 atom stereocenters. The van der Waals surface area contributed by atoms with Crippen molar-refractivity contribution in [3.63, 3.8) is 0 Å². The Labute approximate surface area is 81.6 Å². The van der Waals surface area contributed by atoms with Crippen LogP contribution in [0.25, 0.3) is 0 Å². The molecule has 13 heavy (non-hydrogen) atoms. The molecule has 80 valence electrons. The molecule has 3 heteroatoms. The summed E-state index contributed by atoms with van der Waals surface area (Å²) in [4.78, 5) is 0. The van der Waals surface area contributed by atoms with Gasteiger partial charge >= 0.3 is 0 Å². The van der Waals surface area contributed by atoms with Gasteiger partial charge in [-0.3, -0.25) is 0 Å². The van der Waals surface area contributed by atoms with Crippen LogP contribution in [0.4, 0.5) is 0 Å². The van der Waals surface area contributed by atoms with E-state index < -0.39 is 0 Å². The largest absolute Gasteiger partial charge is 0.380 e. The molecule has 2 N–H and O–H groups in total. The first-order valence-electron chi connectivity index (χ1n) is 5.08. The first kappa shape index (κ1) is 12.9. The van der Waals surface area contributed by atoms with Gasteiger partial charge in [-0.1, -0.05) is 6.92 Å². The van der Waals surface area contributed by atoms with Gasteiger partial charge in [-0.05, 0) is 27.2 Å². The first-order valence-corrected chi connectivity index (χ1v) is 5.08. The minimum absolute atomic E-state index is 0.0441. The molecular weight excluding hydrogens is 166 g/mol. The maximum Gasteiger partial charge on any atom is 0.0824 e. The molecule has 0 aromatic carbocycles. The highest BCUT2D eigenvalue weighted by molar-refractivity contribution is 4.85. The summed E-state index contributed by atoms with van der Waals surface area (Å²) in [6.07, 6.45) is 0.912. The van der Waals surface area contributed by atoms with Gasteiger partial charge in [0.05, 0.1) is 18.2 Å². The molecule has 0 bridgehead atoms. The van der Waals surface area contributed by atoms with Crippen LogP contribution in [0.2, 0.25) is 0 Å². The second-order valence-corrected chi connectivity index (χ2v) is 3.37. The number of ether oxygens (including phenoxy) is 2. The summed E-state index contributed by atoms with van der Waals surface area (Å²) in [5.41, 5.74) is 5.74. The SMILES string of the molecule is CCOCC(N)C(C)(CC)OCC.